The number of esters is 1. The number of nitrogens with zero attached hydrogens (tertiary/aromatic N) is 1. The second-order valence-electron chi connectivity index (χ2n) is 4.33. The number of carbonyl (C=O) groups is 2. The third kappa shape index (κ3) is 3.69. The van der Waals surface area contributed by atoms with Gasteiger partial charge >= 0.3 is 11.9 Å². The molecule has 0 heterocycles. The quantitative estimate of drug-likeness (QED) is 0.503. The second kappa shape index (κ2) is 7.03. The highest BCUT2D eigenvalue weighted by Crippen LogP contribution is 2.14. The summed E-state index contributed by atoms with van der Waals surface area (Å²) < 4.78 is 4.61. The highest BCUT2D eigenvalue weighted by atomic mass is 16.5. The van der Waals surface area contributed by atoms with Gasteiger partial charge in [-0.25, -0.2) is 9.59 Å². The number of carboxylic acids is 1. The zero-order valence-electron chi connectivity index (χ0n) is 11.8. The maximum Gasteiger partial charge on any atom is 0.337 e. The smallest absolute Gasteiger partial charge is 0.337 e. The van der Waals surface area contributed by atoms with E-state index in [1.165, 1.54) is 19.4 Å². The van der Waals surface area contributed by atoms with E-state index in [1.54, 1.807) is 42.5 Å². The van der Waals surface area contributed by atoms with Crippen LogP contribution >= 0.6 is 0 Å². The summed E-state index contributed by atoms with van der Waals surface area (Å²) in [5, 5.41) is 13.0. The first-order valence-corrected chi connectivity index (χ1v) is 6.41. The zero-order valence-corrected chi connectivity index (χ0v) is 11.8. The number of anilines is 1. The fourth-order valence-electron chi connectivity index (χ4n) is 1.77. The molecule has 2 aromatic carbocycles. The van der Waals surface area contributed by atoms with Crippen LogP contribution in [0.15, 0.2) is 53.6 Å². The third-order valence-corrected chi connectivity index (χ3v) is 2.89. The minimum atomic E-state index is -1.03. The molecular formula is C16H14N2O4. The van der Waals surface area contributed by atoms with Crippen molar-refractivity contribution < 1.29 is 19.4 Å². The minimum Gasteiger partial charge on any atom is -0.478 e. The number of benzene rings is 2. The van der Waals surface area contributed by atoms with Gasteiger partial charge in [0.25, 0.3) is 0 Å². The number of rotatable bonds is 5. The number of hydrogen-bond acceptors (Lipinski definition) is 5. The molecule has 0 radical (unpaired) electrons. The normalized spacial score (nSPS) is 10.4. The number of hydrogen-bond donors (Lipinski definition) is 2. The molecule has 0 saturated carbocycles. The van der Waals surface area contributed by atoms with E-state index in [-0.39, 0.29) is 5.56 Å². The Morgan fingerprint density at radius 1 is 1.14 bits per heavy atom. The van der Waals surface area contributed by atoms with E-state index in [0.717, 1.165) is 5.56 Å². The Bertz CT molecular complexity index is 708. The first-order chi connectivity index (χ1) is 10.6. The van der Waals surface area contributed by atoms with Crippen LogP contribution in [0.1, 0.15) is 26.3 Å². The number of ether oxygens (including phenoxy) is 1. The average Bonchev–Trinajstić information content (AvgIpc) is 2.55. The van der Waals surface area contributed by atoms with Crippen LogP contribution in [0.4, 0.5) is 5.69 Å². The molecule has 112 valence electrons. The van der Waals surface area contributed by atoms with E-state index in [9.17, 15) is 9.59 Å². The molecule has 0 spiro atoms. The topological polar surface area (TPSA) is 88.0 Å². The maximum absolute atomic E-state index is 11.3. The Labute approximate surface area is 127 Å². The van der Waals surface area contributed by atoms with Crippen molar-refractivity contribution in [2.75, 3.05) is 12.5 Å². The Kier molecular flexibility index (Phi) is 4.87. The zero-order chi connectivity index (χ0) is 15.9. The molecule has 0 fully saturated rings. The van der Waals surface area contributed by atoms with Crippen LogP contribution in [-0.2, 0) is 4.74 Å². The van der Waals surface area contributed by atoms with Crippen molar-refractivity contribution in [2.24, 2.45) is 5.10 Å². The molecule has 0 amide bonds. The summed E-state index contributed by atoms with van der Waals surface area (Å²) in [5.74, 6) is -1.43. The molecular weight excluding hydrogens is 284 g/mol. The van der Waals surface area contributed by atoms with Gasteiger partial charge in [0.15, 0.2) is 0 Å². The summed E-state index contributed by atoms with van der Waals surface area (Å²) in [4.78, 5) is 22.4. The van der Waals surface area contributed by atoms with E-state index in [1.807, 2.05) is 0 Å². The number of carboxylic acid groups (broad SMARTS) is 1. The Morgan fingerprint density at radius 2 is 1.82 bits per heavy atom. The SMILES string of the molecule is COC(=O)c1ccc(/C=N/Nc2ccccc2C(=O)O)cc1. The maximum atomic E-state index is 11.3. The van der Waals surface area contributed by atoms with Gasteiger partial charge in [0.2, 0.25) is 0 Å². The molecule has 2 aromatic rings. The van der Waals surface area contributed by atoms with Gasteiger partial charge in [-0.15, -0.1) is 0 Å². The molecule has 0 unspecified atom stereocenters. The third-order valence-electron chi connectivity index (χ3n) is 2.89. The van der Waals surface area contributed by atoms with Gasteiger partial charge in [-0.1, -0.05) is 24.3 Å². The van der Waals surface area contributed by atoms with Crippen LogP contribution in [0.3, 0.4) is 0 Å². The highest BCUT2D eigenvalue weighted by Gasteiger charge is 2.07. The molecule has 2 rings (SSSR count). The van der Waals surface area contributed by atoms with Crippen LogP contribution in [0, 0.1) is 0 Å². The molecule has 22 heavy (non-hydrogen) atoms. The van der Waals surface area contributed by atoms with Gasteiger partial charge in [-0.3, -0.25) is 5.43 Å². The molecule has 0 saturated heterocycles. The number of para-hydroxylation sites is 1. The van der Waals surface area contributed by atoms with Crippen molar-refractivity contribution in [3.63, 3.8) is 0 Å². The number of carbonyl (C=O) groups excluding carboxylic acids is 1. The average molecular weight is 298 g/mol. The lowest BCUT2D eigenvalue weighted by Gasteiger charge is -2.04. The predicted octanol–water partition coefficient (Wildman–Crippen LogP) is 2.62. The monoisotopic (exact) mass is 298 g/mol. The van der Waals surface area contributed by atoms with E-state index >= 15 is 0 Å². The first-order valence-electron chi connectivity index (χ1n) is 6.41. The van der Waals surface area contributed by atoms with Crippen molar-refractivity contribution in [2.45, 2.75) is 0 Å². The Morgan fingerprint density at radius 3 is 2.45 bits per heavy atom. The van der Waals surface area contributed by atoms with Crippen LogP contribution in [0.2, 0.25) is 0 Å². The lowest BCUT2D eigenvalue weighted by molar-refractivity contribution is 0.0600. The molecule has 0 bridgehead atoms. The molecule has 6 heteroatoms. The van der Waals surface area contributed by atoms with E-state index in [0.29, 0.717) is 11.3 Å². The standard InChI is InChI=1S/C16H14N2O4/c1-22-16(21)12-8-6-11(7-9-12)10-17-18-14-5-3-2-4-13(14)15(19)20/h2-10,18H,1H3,(H,19,20)/b17-10+. The summed E-state index contributed by atoms with van der Waals surface area (Å²) in [6.45, 7) is 0. The summed E-state index contributed by atoms with van der Waals surface area (Å²) in [6.07, 6.45) is 1.53. The number of aromatic carboxylic acids is 1. The lowest BCUT2D eigenvalue weighted by atomic mass is 10.1. The van der Waals surface area contributed by atoms with E-state index < -0.39 is 11.9 Å². The van der Waals surface area contributed by atoms with Crippen molar-refractivity contribution in [3.8, 4) is 0 Å². The second-order valence-corrected chi connectivity index (χ2v) is 4.33. The fraction of sp³-hybridized carbons (Fsp3) is 0.0625. The molecule has 6 nitrogen and oxygen atoms in total. The Hall–Kier alpha value is -3.15. The summed E-state index contributed by atoms with van der Waals surface area (Å²) in [5.41, 5.74) is 4.43. The van der Waals surface area contributed by atoms with Gasteiger partial charge in [-0.05, 0) is 29.8 Å². The molecule has 0 aliphatic rings. The molecule has 2 N–H and O–H groups in total. The minimum absolute atomic E-state index is 0.140. The highest BCUT2D eigenvalue weighted by molar-refractivity contribution is 5.94. The van der Waals surface area contributed by atoms with Crippen LogP contribution in [-0.4, -0.2) is 30.4 Å². The summed E-state index contributed by atoms with van der Waals surface area (Å²) in [6, 6.07) is 13.1. The van der Waals surface area contributed by atoms with E-state index in [2.05, 4.69) is 15.3 Å². The van der Waals surface area contributed by atoms with Crippen LogP contribution < -0.4 is 5.43 Å². The van der Waals surface area contributed by atoms with Crippen molar-refractivity contribution in [3.05, 3.63) is 65.2 Å². The van der Waals surface area contributed by atoms with Crippen LogP contribution in [0.5, 0.6) is 0 Å². The molecule has 0 aromatic heterocycles. The van der Waals surface area contributed by atoms with Crippen molar-refractivity contribution >= 4 is 23.8 Å². The molecule has 0 aliphatic heterocycles. The largest absolute Gasteiger partial charge is 0.478 e. The van der Waals surface area contributed by atoms with Gasteiger partial charge in [0, 0.05) is 0 Å². The number of methoxy groups -OCH3 is 1. The molecule has 0 aliphatic carbocycles. The van der Waals surface area contributed by atoms with Gasteiger partial charge in [0.1, 0.15) is 0 Å². The summed E-state index contributed by atoms with van der Waals surface area (Å²) >= 11 is 0. The van der Waals surface area contributed by atoms with Gasteiger partial charge < -0.3 is 9.84 Å². The van der Waals surface area contributed by atoms with Crippen LogP contribution in [0.25, 0.3) is 0 Å². The van der Waals surface area contributed by atoms with Crippen molar-refractivity contribution in [1.82, 2.24) is 0 Å². The van der Waals surface area contributed by atoms with Gasteiger partial charge in [0.05, 0.1) is 30.1 Å². The predicted molar refractivity (Wildman–Crippen MR) is 82.4 cm³/mol. The molecule has 0 atom stereocenters. The summed E-state index contributed by atoms with van der Waals surface area (Å²) in [7, 11) is 1.32. The number of hydrazone groups is 1. The Balaban J connectivity index is 2.07. The fourth-order valence-corrected chi connectivity index (χ4v) is 1.77. The lowest BCUT2D eigenvalue weighted by Crippen LogP contribution is -2.02. The first kappa shape index (κ1) is 15.2. The van der Waals surface area contributed by atoms with Gasteiger partial charge in [-0.2, -0.15) is 5.10 Å². The van der Waals surface area contributed by atoms with Crippen molar-refractivity contribution in [1.29, 1.82) is 0 Å². The number of nitrogens with one attached hydrogen (secondary N) is 1. The van der Waals surface area contributed by atoms with E-state index in [4.69, 9.17) is 5.11 Å².